The molecule has 0 unspecified atom stereocenters. The number of carbonyl (C=O) groups excluding carboxylic acids is 2. The van der Waals surface area contributed by atoms with Crippen LogP contribution in [0.3, 0.4) is 0 Å². The van der Waals surface area contributed by atoms with Crippen LogP contribution in [0.15, 0.2) is 0 Å². The summed E-state index contributed by atoms with van der Waals surface area (Å²) in [5.41, 5.74) is -0.135. The predicted octanol–water partition coefficient (Wildman–Crippen LogP) is 3.18. The van der Waals surface area contributed by atoms with E-state index in [9.17, 15) is 9.59 Å². The zero-order chi connectivity index (χ0) is 17.6. The average Bonchev–Trinajstić information content (AvgIpc) is 2.69. The monoisotopic (exact) mass is 324 g/mol. The third kappa shape index (κ3) is 3.33. The van der Waals surface area contributed by atoms with Gasteiger partial charge in [0.05, 0.1) is 0 Å². The van der Waals surface area contributed by atoms with Gasteiger partial charge in [-0.1, -0.05) is 20.8 Å². The maximum absolute atomic E-state index is 12.3. The van der Waals surface area contributed by atoms with E-state index >= 15 is 0 Å². The Labute approximate surface area is 140 Å². The predicted molar refractivity (Wildman–Crippen MR) is 90.0 cm³/mol. The van der Waals surface area contributed by atoms with Crippen molar-refractivity contribution in [3.05, 3.63) is 0 Å². The fourth-order valence-electron chi connectivity index (χ4n) is 4.28. The van der Waals surface area contributed by atoms with E-state index in [4.69, 9.17) is 4.74 Å². The van der Waals surface area contributed by atoms with Crippen LogP contribution in [-0.4, -0.2) is 42.1 Å². The molecule has 2 aliphatic carbocycles. The summed E-state index contributed by atoms with van der Waals surface area (Å²) < 4.78 is 5.28. The van der Waals surface area contributed by atoms with Gasteiger partial charge in [0.15, 0.2) is 0 Å². The van der Waals surface area contributed by atoms with E-state index in [2.05, 4.69) is 26.1 Å². The van der Waals surface area contributed by atoms with Crippen molar-refractivity contribution in [2.75, 3.05) is 13.6 Å². The molecule has 0 aliphatic heterocycles. The fourth-order valence-corrected chi connectivity index (χ4v) is 4.28. The second-order valence-corrected chi connectivity index (χ2v) is 9.07. The number of fused-ring (bicyclic) bond motifs is 2. The van der Waals surface area contributed by atoms with Crippen molar-refractivity contribution in [1.82, 2.24) is 10.2 Å². The Kier molecular flexibility index (Phi) is 4.46. The summed E-state index contributed by atoms with van der Waals surface area (Å²) in [4.78, 5) is 25.6. The van der Waals surface area contributed by atoms with Crippen LogP contribution in [0.2, 0.25) is 0 Å². The molecule has 0 spiro atoms. The maximum Gasteiger partial charge on any atom is 0.410 e. The Morgan fingerprint density at radius 3 is 2.30 bits per heavy atom. The number of nitrogens with one attached hydrogen (secondary N) is 1. The molecule has 0 aromatic heterocycles. The fraction of sp³-hybridized carbons (Fsp3) is 0.889. The molecular weight excluding hydrogens is 292 g/mol. The third-order valence-corrected chi connectivity index (χ3v) is 6.22. The highest BCUT2D eigenvalue weighted by Gasteiger charge is 2.61. The zero-order valence-electron chi connectivity index (χ0n) is 15.7. The lowest BCUT2D eigenvalue weighted by atomic mass is 9.69. The lowest BCUT2D eigenvalue weighted by molar-refractivity contribution is -0.123. The van der Waals surface area contributed by atoms with Crippen molar-refractivity contribution < 1.29 is 14.3 Å². The summed E-state index contributed by atoms with van der Waals surface area (Å²) in [5, 5.41) is 3.17. The number of amides is 2. The van der Waals surface area contributed by atoms with Gasteiger partial charge in [0.25, 0.3) is 0 Å². The molecule has 0 radical (unpaired) electrons. The van der Waals surface area contributed by atoms with E-state index < -0.39 is 11.7 Å². The molecule has 0 aromatic carbocycles. The van der Waals surface area contributed by atoms with Gasteiger partial charge < -0.3 is 15.0 Å². The van der Waals surface area contributed by atoms with Gasteiger partial charge in [-0.3, -0.25) is 4.79 Å². The minimum atomic E-state index is -0.552. The minimum absolute atomic E-state index is 0.0343. The summed E-state index contributed by atoms with van der Waals surface area (Å²) in [7, 11) is 1.60. The molecule has 3 atom stereocenters. The van der Waals surface area contributed by atoms with Crippen LogP contribution >= 0.6 is 0 Å². The molecule has 0 saturated heterocycles. The quantitative estimate of drug-likeness (QED) is 0.867. The van der Waals surface area contributed by atoms with Crippen LogP contribution in [0.25, 0.3) is 0 Å². The van der Waals surface area contributed by atoms with E-state index in [0.29, 0.717) is 5.92 Å². The average molecular weight is 324 g/mol. The zero-order valence-corrected chi connectivity index (χ0v) is 15.7. The van der Waals surface area contributed by atoms with Crippen LogP contribution in [0.5, 0.6) is 0 Å². The molecule has 0 heterocycles. The lowest BCUT2D eigenvalue weighted by Crippen LogP contribution is -2.50. The topological polar surface area (TPSA) is 58.6 Å². The van der Waals surface area contributed by atoms with Crippen molar-refractivity contribution in [2.24, 2.45) is 16.7 Å². The summed E-state index contributed by atoms with van der Waals surface area (Å²) >= 11 is 0. The van der Waals surface area contributed by atoms with Crippen molar-refractivity contribution >= 4 is 12.0 Å². The smallest absolute Gasteiger partial charge is 0.410 e. The van der Waals surface area contributed by atoms with Gasteiger partial charge in [0.1, 0.15) is 12.1 Å². The van der Waals surface area contributed by atoms with Gasteiger partial charge >= 0.3 is 6.09 Å². The Balaban J connectivity index is 1.90. The molecule has 2 saturated carbocycles. The molecule has 2 bridgehead atoms. The summed E-state index contributed by atoms with van der Waals surface area (Å²) in [6.45, 7) is 12.4. The number of carbonyl (C=O) groups is 2. The largest absolute Gasteiger partial charge is 0.444 e. The number of likely N-dealkylation sites (N-methyl/N-ethyl adjacent to an activating group) is 1. The van der Waals surface area contributed by atoms with Crippen LogP contribution in [0.1, 0.15) is 60.8 Å². The Morgan fingerprint density at radius 1 is 1.26 bits per heavy atom. The standard InChI is InChI=1S/C18H32N2O3/c1-16(2,3)23-15(22)20(7)11-14(21)19-13-10-12-8-9-18(13,6)17(12,4)5/h12-13H,8-11H2,1-7H3,(H,19,21)/t12-,13+,18+/m0/s1. The first-order chi connectivity index (χ1) is 10.4. The first-order valence-corrected chi connectivity index (χ1v) is 8.60. The van der Waals surface area contributed by atoms with Crippen LogP contribution in [0, 0.1) is 16.7 Å². The third-order valence-electron chi connectivity index (χ3n) is 6.22. The molecular formula is C18H32N2O3. The highest BCUT2D eigenvalue weighted by Crippen LogP contribution is 2.65. The van der Waals surface area contributed by atoms with Gasteiger partial charge in [-0.2, -0.15) is 0 Å². The normalized spacial score (nSPS) is 31.8. The lowest BCUT2D eigenvalue weighted by Gasteiger charge is -2.39. The van der Waals surface area contributed by atoms with Crippen LogP contribution in [-0.2, 0) is 9.53 Å². The van der Waals surface area contributed by atoms with Gasteiger partial charge in [0, 0.05) is 13.1 Å². The van der Waals surface area contributed by atoms with E-state index in [1.807, 2.05) is 20.8 Å². The van der Waals surface area contributed by atoms with E-state index in [0.717, 1.165) is 12.8 Å². The molecule has 2 fully saturated rings. The van der Waals surface area contributed by atoms with E-state index in [1.165, 1.54) is 11.3 Å². The number of hydrogen-bond donors (Lipinski definition) is 1. The number of ether oxygens (including phenoxy) is 1. The highest BCUT2D eigenvalue weighted by molar-refractivity contribution is 5.82. The maximum atomic E-state index is 12.3. The summed E-state index contributed by atoms with van der Waals surface area (Å²) in [5.74, 6) is 0.578. The summed E-state index contributed by atoms with van der Waals surface area (Å²) in [6, 6.07) is 0.204. The minimum Gasteiger partial charge on any atom is -0.444 e. The van der Waals surface area contributed by atoms with Gasteiger partial charge in [-0.05, 0) is 56.8 Å². The number of nitrogens with zero attached hydrogens (tertiary/aromatic N) is 1. The molecule has 5 nitrogen and oxygen atoms in total. The molecule has 2 amide bonds. The van der Waals surface area contributed by atoms with Crippen LogP contribution < -0.4 is 5.32 Å². The Hall–Kier alpha value is -1.26. The van der Waals surface area contributed by atoms with Crippen molar-refractivity contribution in [1.29, 1.82) is 0 Å². The van der Waals surface area contributed by atoms with Gasteiger partial charge in [-0.25, -0.2) is 4.79 Å². The Bertz CT molecular complexity index is 495. The number of hydrogen-bond acceptors (Lipinski definition) is 3. The van der Waals surface area contributed by atoms with E-state index in [-0.39, 0.29) is 29.3 Å². The first kappa shape index (κ1) is 18.1. The first-order valence-electron chi connectivity index (χ1n) is 8.60. The van der Waals surface area contributed by atoms with Crippen molar-refractivity contribution in [3.63, 3.8) is 0 Å². The van der Waals surface area contributed by atoms with Gasteiger partial charge in [-0.15, -0.1) is 0 Å². The summed E-state index contributed by atoms with van der Waals surface area (Å²) in [6.07, 6.45) is 3.00. The molecule has 5 heteroatoms. The Morgan fingerprint density at radius 2 is 1.87 bits per heavy atom. The molecule has 132 valence electrons. The van der Waals surface area contributed by atoms with E-state index in [1.54, 1.807) is 7.05 Å². The highest BCUT2D eigenvalue weighted by atomic mass is 16.6. The SMILES string of the molecule is CN(CC(=O)N[C@@H]1C[C@@H]2CC[C@@]1(C)C2(C)C)C(=O)OC(C)(C)C. The second-order valence-electron chi connectivity index (χ2n) is 9.07. The molecule has 2 rings (SSSR count). The van der Waals surface area contributed by atoms with Crippen molar-refractivity contribution in [3.8, 4) is 0 Å². The molecule has 1 N–H and O–H groups in total. The van der Waals surface area contributed by atoms with Crippen molar-refractivity contribution in [2.45, 2.75) is 72.4 Å². The molecule has 2 aliphatic rings. The molecule has 23 heavy (non-hydrogen) atoms. The van der Waals surface area contributed by atoms with Gasteiger partial charge in [0.2, 0.25) is 5.91 Å². The van der Waals surface area contributed by atoms with Crippen LogP contribution in [0.4, 0.5) is 4.79 Å². The second kappa shape index (κ2) is 5.67. The molecule has 0 aromatic rings. The number of rotatable bonds is 3.